The summed E-state index contributed by atoms with van der Waals surface area (Å²) in [5.74, 6) is -1.99. The van der Waals surface area contributed by atoms with Gasteiger partial charge in [-0.1, -0.05) is 0 Å². The molecule has 7 rings (SSSR count). The standard InChI is InChI=1S/C23H31F5O4S/c24-17-18(25)22(32-33(30,31)23(26,27)28)13-11-21(17,12-14-22)20-8-5-19(6-9-20,7-10-20)15-1-3-16(29)4-2-15/h15-16,29H,1-14H2. The molecule has 0 saturated heterocycles. The van der Waals surface area contributed by atoms with Crippen LogP contribution in [0.5, 0.6) is 0 Å². The van der Waals surface area contributed by atoms with E-state index in [1.807, 2.05) is 0 Å². The van der Waals surface area contributed by atoms with Gasteiger partial charge in [0, 0.05) is 5.41 Å². The van der Waals surface area contributed by atoms with Crippen LogP contribution < -0.4 is 0 Å². The Labute approximate surface area is 191 Å². The molecule has 5 saturated carbocycles. The Morgan fingerprint density at radius 3 is 1.79 bits per heavy atom. The SMILES string of the molecule is O=S(=O)(OC12CCC(C34CCC(C5CCC(O)CC5)(CC3)CC4)(CC1)C(F)=C2F)C(F)(F)F. The van der Waals surface area contributed by atoms with E-state index in [4.69, 9.17) is 0 Å². The van der Waals surface area contributed by atoms with Crippen LogP contribution in [0.1, 0.15) is 89.9 Å². The van der Waals surface area contributed by atoms with Gasteiger partial charge in [0.05, 0.1) is 6.10 Å². The zero-order chi connectivity index (χ0) is 23.9. The summed E-state index contributed by atoms with van der Waals surface area (Å²) in [5.41, 5.74) is -9.41. The Hall–Kier alpha value is -0.740. The molecule has 5 fully saturated rings. The lowest BCUT2D eigenvalue weighted by Gasteiger charge is -2.66. The molecule has 188 valence electrons. The van der Waals surface area contributed by atoms with Crippen molar-refractivity contribution in [2.24, 2.45) is 22.2 Å². The second-order valence-corrected chi connectivity index (χ2v) is 12.9. The third-order valence-electron chi connectivity index (χ3n) is 10.4. The molecule has 0 spiro atoms. The third kappa shape index (κ3) is 3.29. The van der Waals surface area contributed by atoms with Crippen molar-refractivity contribution in [1.29, 1.82) is 0 Å². The van der Waals surface area contributed by atoms with Crippen molar-refractivity contribution in [2.45, 2.75) is 107 Å². The Balaban J connectivity index is 1.40. The second kappa shape index (κ2) is 7.38. The fourth-order valence-corrected chi connectivity index (χ4v) is 9.06. The van der Waals surface area contributed by atoms with E-state index in [9.17, 15) is 26.7 Å². The topological polar surface area (TPSA) is 63.6 Å². The lowest BCUT2D eigenvalue weighted by atomic mass is 9.39. The van der Waals surface area contributed by atoms with E-state index in [0.717, 1.165) is 64.2 Å². The fourth-order valence-electron chi connectivity index (χ4n) is 8.30. The highest BCUT2D eigenvalue weighted by Crippen LogP contribution is 2.74. The van der Waals surface area contributed by atoms with Crippen molar-refractivity contribution in [3.63, 3.8) is 0 Å². The van der Waals surface area contributed by atoms with Crippen LogP contribution in [0.25, 0.3) is 0 Å². The van der Waals surface area contributed by atoms with Crippen LogP contribution in [0.3, 0.4) is 0 Å². The van der Waals surface area contributed by atoms with Crippen LogP contribution in [0.4, 0.5) is 22.0 Å². The first-order valence-corrected chi connectivity index (χ1v) is 13.5. The van der Waals surface area contributed by atoms with Crippen LogP contribution >= 0.6 is 0 Å². The molecule has 0 aromatic carbocycles. The summed E-state index contributed by atoms with van der Waals surface area (Å²) in [7, 11) is -6.04. The number of alkyl halides is 3. The van der Waals surface area contributed by atoms with Gasteiger partial charge in [0.15, 0.2) is 5.83 Å². The number of fused-ring (bicyclic) bond motifs is 5. The molecular formula is C23H31F5O4S. The zero-order valence-corrected chi connectivity index (χ0v) is 19.3. The molecule has 4 nitrogen and oxygen atoms in total. The third-order valence-corrected chi connectivity index (χ3v) is 11.5. The molecule has 7 aliphatic carbocycles. The number of hydrogen-bond donors (Lipinski definition) is 1. The molecular weight excluding hydrogens is 467 g/mol. The number of halogens is 5. The van der Waals surface area contributed by atoms with Gasteiger partial charge >= 0.3 is 15.6 Å². The van der Waals surface area contributed by atoms with Crippen molar-refractivity contribution < 1.29 is 39.7 Å². The average molecular weight is 499 g/mol. The minimum atomic E-state index is -6.04. The molecule has 0 aliphatic heterocycles. The normalized spacial score (nSPS) is 46.1. The van der Waals surface area contributed by atoms with Crippen LogP contribution in [0.2, 0.25) is 0 Å². The van der Waals surface area contributed by atoms with Gasteiger partial charge < -0.3 is 5.11 Å². The molecule has 0 atom stereocenters. The van der Waals surface area contributed by atoms with E-state index in [2.05, 4.69) is 4.18 Å². The lowest BCUT2D eigenvalue weighted by Crippen LogP contribution is -2.60. The van der Waals surface area contributed by atoms with Crippen molar-refractivity contribution in [2.75, 3.05) is 0 Å². The molecule has 0 amide bonds. The second-order valence-electron chi connectivity index (χ2n) is 11.3. The van der Waals surface area contributed by atoms with Crippen LogP contribution in [0, 0.1) is 22.2 Å². The largest absolute Gasteiger partial charge is 0.523 e. The summed E-state index contributed by atoms with van der Waals surface area (Å²) in [6.45, 7) is 0. The van der Waals surface area contributed by atoms with Crippen molar-refractivity contribution in [3.05, 3.63) is 11.7 Å². The minimum absolute atomic E-state index is 0.0995. The van der Waals surface area contributed by atoms with Gasteiger partial charge in [-0.05, 0) is 107 Å². The highest BCUT2D eigenvalue weighted by Gasteiger charge is 2.68. The molecule has 1 N–H and O–H groups in total. The van der Waals surface area contributed by atoms with E-state index >= 15 is 8.78 Å². The Morgan fingerprint density at radius 1 is 0.788 bits per heavy atom. The van der Waals surface area contributed by atoms with Gasteiger partial charge in [-0.2, -0.15) is 21.6 Å². The molecule has 7 aliphatic rings. The van der Waals surface area contributed by atoms with Gasteiger partial charge in [0.2, 0.25) is 0 Å². The van der Waals surface area contributed by atoms with E-state index < -0.39 is 43.7 Å². The number of aliphatic hydroxyl groups excluding tert-OH is 1. The first kappa shape index (κ1) is 24.0. The number of allylic oxidation sites excluding steroid dienone is 1. The number of aliphatic hydroxyl groups is 1. The summed E-state index contributed by atoms with van der Waals surface area (Å²) in [4.78, 5) is 0. The van der Waals surface area contributed by atoms with Crippen molar-refractivity contribution >= 4 is 10.1 Å². The average Bonchev–Trinajstić information content (AvgIpc) is 2.78. The first-order chi connectivity index (χ1) is 15.3. The maximum absolute atomic E-state index is 15.7. The molecule has 0 heterocycles. The quantitative estimate of drug-likeness (QED) is 0.285. The van der Waals surface area contributed by atoms with Gasteiger partial charge in [-0.25, -0.2) is 13.0 Å². The van der Waals surface area contributed by atoms with E-state index in [-0.39, 0.29) is 37.2 Å². The van der Waals surface area contributed by atoms with Crippen LogP contribution in [-0.2, 0) is 14.3 Å². The monoisotopic (exact) mass is 498 g/mol. The first-order valence-electron chi connectivity index (χ1n) is 12.1. The Kier molecular flexibility index (Phi) is 5.37. The van der Waals surface area contributed by atoms with Crippen LogP contribution in [0.15, 0.2) is 11.7 Å². The molecule has 10 heteroatoms. The highest BCUT2D eigenvalue weighted by atomic mass is 32.2. The Morgan fingerprint density at radius 2 is 1.30 bits per heavy atom. The van der Waals surface area contributed by atoms with Gasteiger partial charge in [-0.15, -0.1) is 0 Å². The molecule has 0 aromatic heterocycles. The summed E-state index contributed by atoms with van der Waals surface area (Å²) in [5, 5.41) is 9.87. The molecule has 0 aromatic rings. The summed E-state index contributed by atoms with van der Waals surface area (Å²) in [6.07, 6.45) is 8.08. The predicted molar refractivity (Wildman–Crippen MR) is 109 cm³/mol. The molecule has 33 heavy (non-hydrogen) atoms. The molecule has 4 bridgehead atoms. The van der Waals surface area contributed by atoms with E-state index in [1.54, 1.807) is 0 Å². The smallest absolute Gasteiger partial charge is 0.393 e. The summed E-state index contributed by atoms with van der Waals surface area (Å²) in [6, 6.07) is 0. The minimum Gasteiger partial charge on any atom is -0.393 e. The van der Waals surface area contributed by atoms with E-state index in [1.165, 1.54) is 0 Å². The molecule has 0 radical (unpaired) electrons. The lowest BCUT2D eigenvalue weighted by molar-refractivity contribution is -0.159. The fraction of sp³-hybridized carbons (Fsp3) is 0.913. The van der Waals surface area contributed by atoms with Gasteiger partial charge in [0.25, 0.3) is 0 Å². The van der Waals surface area contributed by atoms with Crippen molar-refractivity contribution in [1.82, 2.24) is 0 Å². The highest BCUT2D eigenvalue weighted by molar-refractivity contribution is 7.87. The number of hydrogen-bond acceptors (Lipinski definition) is 4. The molecule has 0 unspecified atom stereocenters. The maximum atomic E-state index is 15.7. The van der Waals surface area contributed by atoms with E-state index in [0.29, 0.717) is 5.92 Å². The van der Waals surface area contributed by atoms with Gasteiger partial charge in [0.1, 0.15) is 11.4 Å². The van der Waals surface area contributed by atoms with Crippen molar-refractivity contribution in [3.8, 4) is 0 Å². The van der Waals surface area contributed by atoms with Gasteiger partial charge in [-0.3, -0.25) is 0 Å². The summed E-state index contributed by atoms with van der Waals surface area (Å²) >= 11 is 0. The number of rotatable bonds is 4. The van der Waals surface area contributed by atoms with Crippen LogP contribution in [-0.4, -0.2) is 30.7 Å². The summed E-state index contributed by atoms with van der Waals surface area (Å²) < 4.78 is 97.1. The predicted octanol–water partition coefficient (Wildman–Crippen LogP) is 6.21. The maximum Gasteiger partial charge on any atom is 0.523 e. The Bertz CT molecular complexity index is 916. The zero-order valence-electron chi connectivity index (χ0n) is 18.5.